The minimum absolute atomic E-state index is 0.0107. The van der Waals surface area contributed by atoms with Crippen molar-refractivity contribution in [2.75, 3.05) is 10.1 Å². The average molecular weight is 323 g/mol. The molecule has 1 heterocycles. The summed E-state index contributed by atoms with van der Waals surface area (Å²) in [5, 5.41) is 1.71. The maximum absolute atomic E-state index is 13.8. The maximum Gasteiger partial charge on any atom is 0.266 e. The molecular weight excluding hydrogens is 315 g/mol. The van der Waals surface area contributed by atoms with Crippen molar-refractivity contribution in [1.82, 2.24) is 4.98 Å². The topological polar surface area (TPSA) is 97.1 Å². The number of halogens is 2. The Labute approximate surface area is 117 Å². The lowest BCUT2D eigenvalue weighted by atomic mass is 10.3. The fourth-order valence-electron chi connectivity index (χ4n) is 1.29. The van der Waals surface area contributed by atoms with E-state index in [1.54, 1.807) is 5.38 Å². The molecule has 1 aromatic carbocycles. The molecule has 0 atom stereocenters. The SMILES string of the molecule is NNc1cc(F)c(S(=O)(=O)Nc2nccs2)cc1Cl. The van der Waals surface area contributed by atoms with Gasteiger partial charge in [0.25, 0.3) is 10.0 Å². The Kier molecular flexibility index (Phi) is 3.90. The highest BCUT2D eigenvalue weighted by molar-refractivity contribution is 7.93. The molecule has 0 spiro atoms. The monoisotopic (exact) mass is 322 g/mol. The first-order valence-electron chi connectivity index (χ1n) is 4.82. The number of thiazole rings is 1. The largest absolute Gasteiger partial charge is 0.323 e. The molecule has 0 unspecified atom stereocenters. The Hall–Kier alpha value is -1.42. The molecule has 19 heavy (non-hydrogen) atoms. The number of aromatic nitrogens is 1. The molecule has 0 aliphatic carbocycles. The maximum atomic E-state index is 13.8. The molecule has 0 saturated heterocycles. The van der Waals surface area contributed by atoms with E-state index in [2.05, 4.69) is 15.1 Å². The van der Waals surface area contributed by atoms with E-state index in [0.29, 0.717) is 0 Å². The van der Waals surface area contributed by atoms with E-state index in [1.807, 2.05) is 0 Å². The fraction of sp³-hybridized carbons (Fsp3) is 0. The van der Waals surface area contributed by atoms with Gasteiger partial charge in [0.2, 0.25) is 0 Å². The van der Waals surface area contributed by atoms with Crippen molar-refractivity contribution in [3.05, 3.63) is 34.5 Å². The summed E-state index contributed by atoms with van der Waals surface area (Å²) in [6.45, 7) is 0. The number of hydrazine groups is 1. The third-order valence-electron chi connectivity index (χ3n) is 2.12. The Morgan fingerprint density at radius 3 is 2.74 bits per heavy atom. The first-order valence-corrected chi connectivity index (χ1v) is 7.56. The van der Waals surface area contributed by atoms with Crippen molar-refractivity contribution in [2.45, 2.75) is 4.90 Å². The number of benzene rings is 1. The zero-order valence-corrected chi connectivity index (χ0v) is 11.6. The van der Waals surface area contributed by atoms with Gasteiger partial charge in [-0.05, 0) is 6.07 Å². The van der Waals surface area contributed by atoms with Crippen molar-refractivity contribution in [1.29, 1.82) is 0 Å². The number of rotatable bonds is 4. The van der Waals surface area contributed by atoms with Crippen molar-refractivity contribution in [3.8, 4) is 0 Å². The smallest absolute Gasteiger partial charge is 0.266 e. The molecule has 6 nitrogen and oxygen atoms in total. The van der Waals surface area contributed by atoms with E-state index in [1.165, 1.54) is 6.20 Å². The van der Waals surface area contributed by atoms with E-state index in [-0.39, 0.29) is 15.8 Å². The van der Waals surface area contributed by atoms with E-state index >= 15 is 0 Å². The minimum atomic E-state index is -4.09. The van der Waals surface area contributed by atoms with Crippen LogP contribution in [-0.4, -0.2) is 13.4 Å². The summed E-state index contributed by atoms with van der Waals surface area (Å²) in [5.41, 5.74) is 2.25. The van der Waals surface area contributed by atoms with E-state index in [0.717, 1.165) is 23.5 Å². The van der Waals surface area contributed by atoms with Crippen LogP contribution in [0.3, 0.4) is 0 Å². The van der Waals surface area contributed by atoms with Crippen LogP contribution >= 0.6 is 22.9 Å². The summed E-state index contributed by atoms with van der Waals surface area (Å²) in [6.07, 6.45) is 1.42. The number of nitrogens with zero attached hydrogens (tertiary/aromatic N) is 1. The highest BCUT2D eigenvalue weighted by Gasteiger charge is 2.22. The predicted molar refractivity (Wildman–Crippen MR) is 72.1 cm³/mol. The van der Waals surface area contributed by atoms with Crippen LogP contribution in [-0.2, 0) is 10.0 Å². The number of hydrogen-bond acceptors (Lipinski definition) is 6. The second kappa shape index (κ2) is 5.29. The van der Waals surface area contributed by atoms with Gasteiger partial charge in [-0.3, -0.25) is 10.6 Å². The number of nitrogens with two attached hydrogens (primary N) is 1. The quantitative estimate of drug-likeness (QED) is 0.591. The first-order chi connectivity index (χ1) is 8.94. The van der Waals surface area contributed by atoms with Gasteiger partial charge in [-0.1, -0.05) is 11.6 Å². The summed E-state index contributed by atoms with van der Waals surface area (Å²) in [6, 6.07) is 1.88. The normalized spacial score (nSPS) is 11.3. The Morgan fingerprint density at radius 2 is 2.16 bits per heavy atom. The average Bonchev–Trinajstić information content (AvgIpc) is 2.83. The molecular formula is C9H8ClFN4O2S2. The molecule has 1 aromatic heterocycles. The lowest BCUT2D eigenvalue weighted by molar-refractivity contribution is 0.570. The standard InChI is InChI=1S/C9H8ClFN4O2S2/c10-5-3-8(6(11)4-7(5)14-12)19(16,17)15-9-13-1-2-18-9/h1-4,14H,12H2,(H,13,15). The summed E-state index contributed by atoms with van der Waals surface area (Å²) < 4.78 is 39.9. The van der Waals surface area contributed by atoms with Crippen molar-refractivity contribution >= 4 is 43.8 Å². The Morgan fingerprint density at radius 1 is 1.42 bits per heavy atom. The zero-order chi connectivity index (χ0) is 14.0. The van der Waals surface area contributed by atoms with Crippen LogP contribution in [0.2, 0.25) is 5.02 Å². The predicted octanol–water partition coefficient (Wildman–Crippen LogP) is 2.02. The summed E-state index contributed by atoms with van der Waals surface area (Å²) in [4.78, 5) is 3.18. The van der Waals surface area contributed by atoms with Gasteiger partial charge in [0.1, 0.15) is 10.7 Å². The van der Waals surface area contributed by atoms with Gasteiger partial charge in [0, 0.05) is 17.6 Å². The molecule has 0 aliphatic rings. The van der Waals surface area contributed by atoms with E-state index < -0.39 is 20.7 Å². The van der Waals surface area contributed by atoms with Crippen molar-refractivity contribution in [3.63, 3.8) is 0 Å². The van der Waals surface area contributed by atoms with Gasteiger partial charge in [-0.25, -0.2) is 17.8 Å². The molecule has 102 valence electrons. The number of hydrogen-bond donors (Lipinski definition) is 3. The molecule has 0 aliphatic heterocycles. The second-order valence-electron chi connectivity index (χ2n) is 3.35. The fourth-order valence-corrected chi connectivity index (χ4v) is 3.45. The van der Waals surface area contributed by atoms with Crippen molar-refractivity contribution < 1.29 is 12.8 Å². The molecule has 4 N–H and O–H groups in total. The lowest BCUT2D eigenvalue weighted by Gasteiger charge is -2.09. The Balaban J connectivity index is 2.43. The van der Waals surface area contributed by atoms with Gasteiger partial charge in [0.05, 0.1) is 10.7 Å². The van der Waals surface area contributed by atoms with E-state index in [4.69, 9.17) is 17.4 Å². The van der Waals surface area contributed by atoms with Gasteiger partial charge < -0.3 is 5.43 Å². The summed E-state index contributed by atoms with van der Waals surface area (Å²) in [5.74, 6) is 4.14. The number of nitrogen functional groups attached to an aromatic ring is 1. The molecule has 2 rings (SSSR count). The number of sulfonamides is 1. The molecule has 0 amide bonds. The van der Waals surface area contributed by atoms with E-state index in [9.17, 15) is 12.8 Å². The van der Waals surface area contributed by atoms with Gasteiger partial charge in [-0.2, -0.15) is 0 Å². The van der Waals surface area contributed by atoms with Gasteiger partial charge in [0.15, 0.2) is 5.13 Å². The first kappa shape index (κ1) is 14.0. The zero-order valence-electron chi connectivity index (χ0n) is 9.22. The number of nitrogens with one attached hydrogen (secondary N) is 2. The van der Waals surface area contributed by atoms with Crippen LogP contribution in [0.5, 0.6) is 0 Å². The Bertz CT molecular complexity index is 690. The van der Waals surface area contributed by atoms with Gasteiger partial charge in [-0.15, -0.1) is 11.3 Å². The molecule has 0 bridgehead atoms. The van der Waals surface area contributed by atoms with Crippen LogP contribution in [0.15, 0.2) is 28.6 Å². The molecule has 10 heteroatoms. The van der Waals surface area contributed by atoms with Crippen LogP contribution in [0.25, 0.3) is 0 Å². The third-order valence-corrected chi connectivity index (χ3v) is 4.60. The molecule has 0 radical (unpaired) electrons. The summed E-state index contributed by atoms with van der Waals surface area (Å²) >= 11 is 6.85. The minimum Gasteiger partial charge on any atom is -0.323 e. The highest BCUT2D eigenvalue weighted by Crippen LogP contribution is 2.28. The molecule has 0 saturated carbocycles. The highest BCUT2D eigenvalue weighted by atomic mass is 35.5. The second-order valence-corrected chi connectivity index (χ2v) is 6.30. The van der Waals surface area contributed by atoms with Crippen molar-refractivity contribution in [2.24, 2.45) is 5.84 Å². The summed E-state index contributed by atoms with van der Waals surface area (Å²) in [7, 11) is -4.09. The number of anilines is 2. The molecule has 2 aromatic rings. The van der Waals surface area contributed by atoms with Crippen LogP contribution in [0.4, 0.5) is 15.2 Å². The third kappa shape index (κ3) is 2.95. The van der Waals surface area contributed by atoms with Crippen LogP contribution in [0, 0.1) is 5.82 Å². The van der Waals surface area contributed by atoms with Crippen LogP contribution in [0.1, 0.15) is 0 Å². The van der Waals surface area contributed by atoms with Crippen LogP contribution < -0.4 is 16.0 Å². The van der Waals surface area contributed by atoms with Gasteiger partial charge >= 0.3 is 0 Å². The lowest BCUT2D eigenvalue weighted by Crippen LogP contribution is -2.15. The molecule has 0 fully saturated rings.